The molecule has 4 nitrogen and oxygen atoms in total. The molecule has 2 heterocycles. The summed E-state index contributed by atoms with van der Waals surface area (Å²) in [6.45, 7) is 5.18. The van der Waals surface area contributed by atoms with Gasteiger partial charge in [-0.05, 0) is 60.4 Å². The van der Waals surface area contributed by atoms with Crippen molar-refractivity contribution in [2.45, 2.75) is 19.8 Å². The van der Waals surface area contributed by atoms with Gasteiger partial charge in [0.2, 0.25) is 0 Å². The summed E-state index contributed by atoms with van der Waals surface area (Å²) >= 11 is 3.33. The quantitative estimate of drug-likeness (QED) is 0.927. The Kier molecular flexibility index (Phi) is 4.58. The van der Waals surface area contributed by atoms with Gasteiger partial charge in [-0.3, -0.25) is 9.78 Å². The van der Waals surface area contributed by atoms with E-state index in [1.165, 1.54) is 0 Å². The standard InChI is InChI=1S/C14H20BrN3O/c1-14(3-5-18(2)6-4-14)10-17-13(19)11-7-12(15)9-16-8-11/h7-9H,3-6,10H2,1-2H3,(H,17,19). The zero-order chi connectivity index (χ0) is 13.9. The van der Waals surface area contributed by atoms with E-state index in [0.29, 0.717) is 5.56 Å². The van der Waals surface area contributed by atoms with Gasteiger partial charge in [0.25, 0.3) is 5.91 Å². The number of carbonyl (C=O) groups excluding carboxylic acids is 1. The molecule has 0 aliphatic carbocycles. The van der Waals surface area contributed by atoms with Crippen LogP contribution in [0.15, 0.2) is 22.9 Å². The molecule has 1 aliphatic heterocycles. The van der Waals surface area contributed by atoms with Crippen molar-refractivity contribution < 1.29 is 4.79 Å². The van der Waals surface area contributed by atoms with Gasteiger partial charge in [-0.2, -0.15) is 0 Å². The van der Waals surface area contributed by atoms with Crippen LogP contribution in [0.2, 0.25) is 0 Å². The molecule has 1 aromatic heterocycles. The van der Waals surface area contributed by atoms with Crippen LogP contribution in [0.4, 0.5) is 0 Å². The maximum absolute atomic E-state index is 12.1. The van der Waals surface area contributed by atoms with Crippen molar-refractivity contribution in [3.05, 3.63) is 28.5 Å². The first kappa shape index (κ1) is 14.5. The highest BCUT2D eigenvalue weighted by atomic mass is 79.9. The van der Waals surface area contributed by atoms with Gasteiger partial charge in [-0.1, -0.05) is 6.92 Å². The van der Waals surface area contributed by atoms with Crippen LogP contribution in [0, 0.1) is 5.41 Å². The number of nitrogens with one attached hydrogen (secondary N) is 1. The third-order valence-corrected chi connectivity index (χ3v) is 4.27. The first-order chi connectivity index (χ1) is 8.98. The number of rotatable bonds is 3. The van der Waals surface area contributed by atoms with Crippen molar-refractivity contribution in [3.63, 3.8) is 0 Å². The molecule has 1 amide bonds. The minimum atomic E-state index is -0.0473. The second-order valence-corrected chi connectivity index (χ2v) is 6.60. The minimum Gasteiger partial charge on any atom is -0.351 e. The molecule has 1 N–H and O–H groups in total. The number of hydrogen-bond donors (Lipinski definition) is 1. The van der Waals surface area contributed by atoms with E-state index in [4.69, 9.17) is 0 Å². The lowest BCUT2D eigenvalue weighted by atomic mass is 9.80. The Morgan fingerprint density at radius 3 is 2.79 bits per heavy atom. The van der Waals surface area contributed by atoms with Gasteiger partial charge in [0.1, 0.15) is 0 Å². The molecular weight excluding hydrogens is 306 g/mol. The van der Waals surface area contributed by atoms with Gasteiger partial charge in [-0.15, -0.1) is 0 Å². The van der Waals surface area contributed by atoms with Crippen LogP contribution in [0.3, 0.4) is 0 Å². The fourth-order valence-electron chi connectivity index (χ4n) is 2.27. The third-order valence-electron chi connectivity index (χ3n) is 3.84. The Morgan fingerprint density at radius 1 is 1.47 bits per heavy atom. The smallest absolute Gasteiger partial charge is 0.252 e. The van der Waals surface area contributed by atoms with E-state index in [0.717, 1.165) is 36.9 Å². The van der Waals surface area contributed by atoms with Crippen molar-refractivity contribution in [1.29, 1.82) is 0 Å². The van der Waals surface area contributed by atoms with Gasteiger partial charge in [0.05, 0.1) is 5.56 Å². The highest BCUT2D eigenvalue weighted by Crippen LogP contribution is 2.29. The van der Waals surface area contributed by atoms with Gasteiger partial charge in [-0.25, -0.2) is 0 Å². The second kappa shape index (κ2) is 6.01. The van der Waals surface area contributed by atoms with E-state index < -0.39 is 0 Å². The summed E-state index contributed by atoms with van der Waals surface area (Å²) in [7, 11) is 2.14. The normalized spacial score (nSPS) is 19.1. The molecule has 19 heavy (non-hydrogen) atoms. The van der Waals surface area contributed by atoms with Crippen LogP contribution >= 0.6 is 15.9 Å². The van der Waals surface area contributed by atoms with Crippen LogP contribution in [-0.4, -0.2) is 42.5 Å². The molecule has 0 radical (unpaired) electrons. The van der Waals surface area contributed by atoms with E-state index in [1.54, 1.807) is 18.5 Å². The summed E-state index contributed by atoms with van der Waals surface area (Å²) < 4.78 is 0.825. The highest BCUT2D eigenvalue weighted by Gasteiger charge is 2.29. The molecule has 0 saturated carbocycles. The monoisotopic (exact) mass is 325 g/mol. The average Bonchev–Trinajstić information content (AvgIpc) is 2.40. The summed E-state index contributed by atoms with van der Waals surface area (Å²) in [6, 6.07) is 1.79. The third kappa shape index (κ3) is 4.01. The topological polar surface area (TPSA) is 45.2 Å². The Labute approximate surface area is 122 Å². The Morgan fingerprint density at radius 2 is 2.16 bits per heavy atom. The Hall–Kier alpha value is -0.940. The van der Waals surface area contributed by atoms with Crippen molar-refractivity contribution in [1.82, 2.24) is 15.2 Å². The molecule has 2 rings (SSSR count). The molecule has 104 valence electrons. The van der Waals surface area contributed by atoms with E-state index in [1.807, 2.05) is 0 Å². The molecule has 1 saturated heterocycles. The van der Waals surface area contributed by atoms with Crippen molar-refractivity contribution in [2.24, 2.45) is 5.41 Å². The number of halogens is 1. The van der Waals surface area contributed by atoms with Gasteiger partial charge < -0.3 is 10.2 Å². The lowest BCUT2D eigenvalue weighted by molar-refractivity contribution is 0.0891. The predicted molar refractivity (Wildman–Crippen MR) is 79.1 cm³/mol. The molecule has 0 bridgehead atoms. The molecule has 0 atom stereocenters. The molecular formula is C14H20BrN3O. The fourth-order valence-corrected chi connectivity index (χ4v) is 2.63. The SMILES string of the molecule is CN1CCC(C)(CNC(=O)c2cncc(Br)c2)CC1. The Bertz CT molecular complexity index is 456. The number of nitrogens with zero attached hydrogens (tertiary/aromatic N) is 2. The maximum Gasteiger partial charge on any atom is 0.252 e. The van der Waals surface area contributed by atoms with Crippen LogP contribution < -0.4 is 5.32 Å². The van der Waals surface area contributed by atoms with E-state index in [9.17, 15) is 4.79 Å². The summed E-state index contributed by atoms with van der Waals surface area (Å²) in [6.07, 6.45) is 5.52. The Balaban J connectivity index is 1.90. The number of hydrogen-bond acceptors (Lipinski definition) is 3. The summed E-state index contributed by atoms with van der Waals surface area (Å²) in [5, 5.41) is 3.03. The number of carbonyl (C=O) groups is 1. The van der Waals surface area contributed by atoms with Crippen molar-refractivity contribution in [3.8, 4) is 0 Å². The lowest BCUT2D eigenvalue weighted by Crippen LogP contribution is -2.43. The fraction of sp³-hybridized carbons (Fsp3) is 0.571. The molecule has 0 spiro atoms. The van der Waals surface area contributed by atoms with Crippen LogP contribution in [0.5, 0.6) is 0 Å². The van der Waals surface area contributed by atoms with Crippen LogP contribution in [0.25, 0.3) is 0 Å². The second-order valence-electron chi connectivity index (χ2n) is 5.69. The highest BCUT2D eigenvalue weighted by molar-refractivity contribution is 9.10. The minimum absolute atomic E-state index is 0.0473. The molecule has 0 unspecified atom stereocenters. The van der Waals surface area contributed by atoms with Gasteiger partial charge in [0.15, 0.2) is 0 Å². The predicted octanol–water partition coefficient (Wildman–Crippen LogP) is 2.31. The first-order valence-electron chi connectivity index (χ1n) is 6.56. The molecule has 1 aromatic rings. The molecule has 0 aromatic carbocycles. The summed E-state index contributed by atoms with van der Waals surface area (Å²) in [4.78, 5) is 18.4. The molecule has 1 aliphatic rings. The van der Waals surface area contributed by atoms with E-state index in [2.05, 4.69) is 45.1 Å². The van der Waals surface area contributed by atoms with Crippen molar-refractivity contribution >= 4 is 21.8 Å². The summed E-state index contributed by atoms with van der Waals surface area (Å²) in [5.74, 6) is -0.0473. The van der Waals surface area contributed by atoms with E-state index >= 15 is 0 Å². The zero-order valence-electron chi connectivity index (χ0n) is 11.4. The molecule has 1 fully saturated rings. The number of pyridine rings is 1. The summed E-state index contributed by atoms with van der Waals surface area (Å²) in [5.41, 5.74) is 0.813. The van der Waals surface area contributed by atoms with Crippen LogP contribution in [-0.2, 0) is 0 Å². The average molecular weight is 326 g/mol. The number of aromatic nitrogens is 1. The first-order valence-corrected chi connectivity index (χ1v) is 7.35. The maximum atomic E-state index is 12.1. The largest absolute Gasteiger partial charge is 0.351 e. The number of likely N-dealkylation sites (tertiary alicyclic amines) is 1. The van der Waals surface area contributed by atoms with Crippen LogP contribution in [0.1, 0.15) is 30.1 Å². The van der Waals surface area contributed by atoms with E-state index in [-0.39, 0.29) is 11.3 Å². The van der Waals surface area contributed by atoms with Crippen molar-refractivity contribution in [2.75, 3.05) is 26.7 Å². The zero-order valence-corrected chi connectivity index (χ0v) is 13.0. The number of piperidine rings is 1. The molecule has 5 heteroatoms. The number of amides is 1. The lowest BCUT2D eigenvalue weighted by Gasteiger charge is -2.37. The van der Waals surface area contributed by atoms with Gasteiger partial charge >= 0.3 is 0 Å². The van der Waals surface area contributed by atoms with Gasteiger partial charge in [0, 0.05) is 23.4 Å².